The quantitative estimate of drug-likeness (QED) is 0.814. The van der Waals surface area contributed by atoms with Gasteiger partial charge in [0.25, 0.3) is 5.91 Å². The monoisotopic (exact) mass is 391 g/mol. The highest BCUT2D eigenvalue weighted by Gasteiger charge is 2.27. The number of para-hydroxylation sites is 1. The van der Waals surface area contributed by atoms with Gasteiger partial charge in [-0.25, -0.2) is 4.79 Å². The van der Waals surface area contributed by atoms with Crippen molar-refractivity contribution >= 4 is 23.2 Å². The zero-order chi connectivity index (χ0) is 19.4. The Morgan fingerprint density at radius 3 is 2.15 bits per heavy atom. The Bertz CT molecular complexity index is 803. The number of methoxy groups -OCH3 is 2. The molecule has 7 nitrogen and oxygen atoms in total. The summed E-state index contributed by atoms with van der Waals surface area (Å²) < 4.78 is 16.8. The second kappa shape index (κ2) is 8.30. The number of likely N-dealkylation sites (tertiary alicyclic amines) is 1. The minimum Gasteiger partial charge on any atom is -0.493 e. The van der Waals surface area contributed by atoms with Crippen molar-refractivity contribution in [1.82, 2.24) is 4.90 Å². The van der Waals surface area contributed by atoms with Gasteiger partial charge in [-0.15, -0.1) is 11.3 Å². The summed E-state index contributed by atoms with van der Waals surface area (Å²) in [4.78, 5) is 25.9. The van der Waals surface area contributed by atoms with Crippen molar-refractivity contribution in [3.8, 4) is 17.2 Å². The third-order valence-electron chi connectivity index (χ3n) is 4.42. The third-order valence-corrected chi connectivity index (χ3v) is 5.49. The van der Waals surface area contributed by atoms with E-state index in [1.54, 1.807) is 25.2 Å². The molecule has 3 rings (SSSR count). The number of carboxylic acids is 1. The van der Waals surface area contributed by atoms with Crippen molar-refractivity contribution in [3.05, 3.63) is 40.1 Å². The summed E-state index contributed by atoms with van der Waals surface area (Å²) in [6, 6.07) is 8.49. The molecule has 0 aliphatic carbocycles. The van der Waals surface area contributed by atoms with Gasteiger partial charge in [-0.2, -0.15) is 0 Å². The Morgan fingerprint density at radius 2 is 1.63 bits per heavy atom. The Labute approximate surface area is 161 Å². The second-order valence-electron chi connectivity index (χ2n) is 6.07. The minimum atomic E-state index is -1.02. The normalized spacial score (nSPS) is 14.7. The smallest absolute Gasteiger partial charge is 0.345 e. The Balaban J connectivity index is 1.62. The first-order valence-corrected chi connectivity index (χ1v) is 9.35. The molecule has 1 fully saturated rings. The highest BCUT2D eigenvalue weighted by molar-refractivity contribution is 7.15. The van der Waals surface area contributed by atoms with Crippen LogP contribution in [0.3, 0.4) is 0 Å². The number of thiophene rings is 1. The molecule has 1 amide bonds. The van der Waals surface area contributed by atoms with Crippen LogP contribution in [-0.4, -0.2) is 55.3 Å². The summed E-state index contributed by atoms with van der Waals surface area (Å²) in [6.07, 6.45) is 1.28. The topological polar surface area (TPSA) is 85.3 Å². The predicted molar refractivity (Wildman–Crippen MR) is 100 cm³/mol. The van der Waals surface area contributed by atoms with E-state index >= 15 is 0 Å². The van der Waals surface area contributed by atoms with Crippen LogP contribution in [0.1, 0.15) is 32.2 Å². The molecule has 0 atom stereocenters. The Morgan fingerprint density at radius 1 is 1.04 bits per heavy atom. The van der Waals surface area contributed by atoms with E-state index in [9.17, 15) is 9.59 Å². The number of aromatic carboxylic acids is 1. The van der Waals surface area contributed by atoms with Crippen LogP contribution in [0.5, 0.6) is 17.2 Å². The van der Waals surface area contributed by atoms with Gasteiger partial charge in [0.2, 0.25) is 5.75 Å². The fraction of sp³-hybridized carbons (Fsp3) is 0.368. The first-order chi connectivity index (χ1) is 13.0. The highest BCUT2D eigenvalue weighted by Crippen LogP contribution is 2.38. The second-order valence-corrected chi connectivity index (χ2v) is 7.15. The molecule has 2 aromatic rings. The number of ether oxygens (including phenoxy) is 3. The molecule has 0 bridgehead atoms. The molecular formula is C19H21NO6S. The Kier molecular flexibility index (Phi) is 5.85. The van der Waals surface area contributed by atoms with Crippen LogP contribution in [0.15, 0.2) is 30.3 Å². The number of carboxylic acid groups (broad SMARTS) is 1. The van der Waals surface area contributed by atoms with Crippen LogP contribution in [0.25, 0.3) is 0 Å². The summed E-state index contributed by atoms with van der Waals surface area (Å²) in [6.45, 7) is 1.09. The van der Waals surface area contributed by atoms with Crippen molar-refractivity contribution in [2.24, 2.45) is 0 Å². The summed E-state index contributed by atoms with van der Waals surface area (Å²) in [5, 5.41) is 9.00. The van der Waals surface area contributed by atoms with Gasteiger partial charge < -0.3 is 24.2 Å². The average molecular weight is 391 g/mol. The first-order valence-electron chi connectivity index (χ1n) is 8.53. The molecular weight excluding hydrogens is 370 g/mol. The molecule has 27 heavy (non-hydrogen) atoms. The number of carbonyl (C=O) groups excluding carboxylic acids is 1. The van der Waals surface area contributed by atoms with Gasteiger partial charge in [0.05, 0.1) is 19.1 Å². The van der Waals surface area contributed by atoms with Gasteiger partial charge in [0.1, 0.15) is 11.0 Å². The van der Waals surface area contributed by atoms with Gasteiger partial charge in [-0.3, -0.25) is 4.79 Å². The zero-order valence-corrected chi connectivity index (χ0v) is 16.0. The zero-order valence-electron chi connectivity index (χ0n) is 15.1. The van der Waals surface area contributed by atoms with Crippen LogP contribution in [0.4, 0.5) is 0 Å². The van der Waals surface area contributed by atoms with Crippen LogP contribution < -0.4 is 14.2 Å². The number of carbonyl (C=O) groups is 2. The van der Waals surface area contributed by atoms with Gasteiger partial charge in [-0.05, 0) is 24.3 Å². The van der Waals surface area contributed by atoms with E-state index in [0.29, 0.717) is 48.1 Å². The molecule has 1 saturated heterocycles. The molecule has 0 radical (unpaired) electrons. The molecule has 1 N–H and O–H groups in total. The molecule has 1 aromatic carbocycles. The summed E-state index contributed by atoms with van der Waals surface area (Å²) >= 11 is 1.00. The summed E-state index contributed by atoms with van der Waals surface area (Å²) in [5.41, 5.74) is 0. The molecule has 0 unspecified atom stereocenters. The maximum absolute atomic E-state index is 12.6. The summed E-state index contributed by atoms with van der Waals surface area (Å²) in [5.74, 6) is 0.620. The molecule has 1 aromatic heterocycles. The molecule has 144 valence electrons. The lowest BCUT2D eigenvalue weighted by atomic mass is 10.1. The van der Waals surface area contributed by atoms with Crippen molar-refractivity contribution in [1.29, 1.82) is 0 Å². The fourth-order valence-corrected chi connectivity index (χ4v) is 3.81. The maximum atomic E-state index is 12.6. The lowest BCUT2D eigenvalue weighted by molar-refractivity contribution is 0.0589. The number of hydrogen-bond acceptors (Lipinski definition) is 6. The largest absolute Gasteiger partial charge is 0.493 e. The maximum Gasteiger partial charge on any atom is 0.345 e. The lowest BCUT2D eigenvalue weighted by Gasteiger charge is -2.32. The third kappa shape index (κ3) is 4.16. The first kappa shape index (κ1) is 19.0. The van der Waals surface area contributed by atoms with E-state index in [1.165, 1.54) is 6.07 Å². The molecule has 8 heteroatoms. The van der Waals surface area contributed by atoms with Crippen molar-refractivity contribution in [2.75, 3.05) is 27.3 Å². The van der Waals surface area contributed by atoms with Crippen LogP contribution in [-0.2, 0) is 0 Å². The van der Waals surface area contributed by atoms with E-state index < -0.39 is 5.97 Å². The van der Waals surface area contributed by atoms with Gasteiger partial charge in [0.15, 0.2) is 11.5 Å². The van der Waals surface area contributed by atoms with Crippen LogP contribution >= 0.6 is 11.3 Å². The Hall–Kier alpha value is -2.74. The van der Waals surface area contributed by atoms with Gasteiger partial charge in [-0.1, -0.05) is 6.07 Å². The van der Waals surface area contributed by atoms with E-state index in [2.05, 4.69) is 0 Å². The number of amides is 1. The summed E-state index contributed by atoms with van der Waals surface area (Å²) in [7, 11) is 3.16. The molecule has 0 saturated carbocycles. The SMILES string of the molecule is COc1cccc(OC)c1OC1CCN(C(=O)c2ccc(C(=O)O)s2)CC1. The predicted octanol–water partition coefficient (Wildman–Crippen LogP) is 3.15. The molecule has 1 aliphatic heterocycles. The standard InChI is InChI=1S/C19H21NO6S/c1-24-13-4-3-5-14(25-2)17(13)26-12-8-10-20(11-9-12)18(21)15-6-7-16(27-15)19(22)23/h3-7,12H,8-11H2,1-2H3,(H,22,23). The van der Waals surface area contributed by atoms with E-state index in [4.69, 9.17) is 19.3 Å². The lowest BCUT2D eigenvalue weighted by Crippen LogP contribution is -2.41. The van der Waals surface area contributed by atoms with Crippen LogP contribution in [0.2, 0.25) is 0 Å². The van der Waals surface area contributed by atoms with E-state index in [1.807, 2.05) is 18.2 Å². The number of benzene rings is 1. The molecule has 1 aliphatic rings. The minimum absolute atomic E-state index is 0.0582. The van der Waals surface area contributed by atoms with Crippen molar-refractivity contribution in [2.45, 2.75) is 18.9 Å². The highest BCUT2D eigenvalue weighted by atomic mass is 32.1. The molecule has 0 spiro atoms. The molecule has 2 heterocycles. The number of rotatable bonds is 6. The van der Waals surface area contributed by atoms with Gasteiger partial charge >= 0.3 is 5.97 Å². The number of nitrogens with zero attached hydrogens (tertiary/aromatic N) is 1. The number of hydrogen-bond donors (Lipinski definition) is 1. The van der Waals surface area contributed by atoms with Gasteiger partial charge in [0, 0.05) is 25.9 Å². The van der Waals surface area contributed by atoms with E-state index in [0.717, 1.165) is 11.3 Å². The van der Waals surface area contributed by atoms with Crippen LogP contribution in [0, 0.1) is 0 Å². The number of piperidine rings is 1. The fourth-order valence-electron chi connectivity index (χ4n) is 3.00. The van der Waals surface area contributed by atoms with E-state index in [-0.39, 0.29) is 16.9 Å². The van der Waals surface area contributed by atoms with Crippen molar-refractivity contribution < 1.29 is 28.9 Å². The van der Waals surface area contributed by atoms with Crippen molar-refractivity contribution in [3.63, 3.8) is 0 Å². The average Bonchev–Trinajstić information content (AvgIpc) is 3.18.